The molecule has 108 valence electrons. The van der Waals surface area contributed by atoms with Crippen LogP contribution in [0.3, 0.4) is 0 Å². The lowest BCUT2D eigenvalue weighted by Crippen LogP contribution is -2.51. The van der Waals surface area contributed by atoms with Crippen LogP contribution in [0.1, 0.15) is 26.2 Å². The minimum absolute atomic E-state index is 0.0340. The molecule has 1 nitrogen and oxygen atoms in total. The first kappa shape index (κ1) is 17.5. The molecule has 0 bridgehead atoms. The Kier molecular flexibility index (Phi) is 5.96. The lowest BCUT2D eigenvalue weighted by atomic mass is 10.0. The Balaban J connectivity index is 4.27. The molecule has 0 aliphatic rings. The van der Waals surface area contributed by atoms with E-state index in [2.05, 4.69) is 0 Å². The van der Waals surface area contributed by atoms with Crippen molar-refractivity contribution in [2.45, 2.75) is 44.2 Å². The maximum atomic E-state index is 12.7. The fraction of sp³-hybridized carbons (Fsp3) is 0.889. The van der Waals surface area contributed by atoms with Crippen molar-refractivity contribution in [2.75, 3.05) is 5.75 Å². The van der Waals surface area contributed by atoms with Crippen LogP contribution in [-0.2, 0) is 4.79 Å². The summed E-state index contributed by atoms with van der Waals surface area (Å²) in [6.07, 6.45) is -8.39. The number of hydrogen-bond donors (Lipinski definition) is 0. The molecule has 0 spiro atoms. The third-order valence-electron chi connectivity index (χ3n) is 2.01. The predicted octanol–water partition coefficient (Wildman–Crippen LogP) is 4.27. The van der Waals surface area contributed by atoms with E-state index in [1.807, 2.05) is 0 Å². The van der Waals surface area contributed by atoms with Crippen molar-refractivity contribution >= 4 is 16.9 Å². The Bertz CT molecular complexity index is 287. The first-order chi connectivity index (χ1) is 7.92. The van der Waals surface area contributed by atoms with Crippen molar-refractivity contribution in [2.24, 2.45) is 0 Å². The van der Waals surface area contributed by atoms with Gasteiger partial charge in [-0.25, -0.2) is 0 Å². The average Bonchev–Trinajstić information content (AvgIpc) is 2.14. The third kappa shape index (κ3) is 4.66. The maximum absolute atomic E-state index is 12.7. The van der Waals surface area contributed by atoms with E-state index in [0.717, 1.165) is 11.8 Å². The van der Waals surface area contributed by atoms with Crippen LogP contribution in [0.5, 0.6) is 0 Å². The predicted molar refractivity (Wildman–Crippen MR) is 52.9 cm³/mol. The molecule has 0 N–H and O–H groups in total. The van der Waals surface area contributed by atoms with E-state index in [0.29, 0.717) is 0 Å². The molecule has 0 amide bonds. The summed E-state index contributed by atoms with van der Waals surface area (Å²) in [6, 6.07) is 0. The van der Waals surface area contributed by atoms with E-state index in [4.69, 9.17) is 0 Å². The van der Waals surface area contributed by atoms with E-state index >= 15 is 0 Å². The van der Waals surface area contributed by atoms with Gasteiger partial charge in [0.2, 0.25) is 0 Å². The maximum Gasteiger partial charge on any atom is 0.459 e. The first-order valence-electron chi connectivity index (χ1n) is 4.87. The zero-order chi connectivity index (χ0) is 14.6. The van der Waals surface area contributed by atoms with Crippen LogP contribution in [0.15, 0.2) is 0 Å². The second-order valence-electron chi connectivity index (χ2n) is 3.57. The SMILES string of the molecule is CC(=O)SCCCCC(F)(F)C(F)(F)C(F)(F)F. The van der Waals surface area contributed by atoms with Crippen molar-refractivity contribution in [3.05, 3.63) is 0 Å². The zero-order valence-corrected chi connectivity index (χ0v) is 10.1. The van der Waals surface area contributed by atoms with Crippen molar-refractivity contribution in [1.82, 2.24) is 0 Å². The third-order valence-corrected chi connectivity index (χ3v) is 2.91. The molecular weight excluding hydrogens is 289 g/mol. The van der Waals surface area contributed by atoms with E-state index in [-0.39, 0.29) is 17.3 Å². The quantitative estimate of drug-likeness (QED) is 0.538. The second kappa shape index (κ2) is 6.12. The molecule has 0 rings (SSSR count). The standard InChI is InChI=1S/C9H11F7OS/c1-6(17)18-5-3-2-4-7(10,11)8(12,13)9(14,15)16/h2-5H2,1H3. The zero-order valence-electron chi connectivity index (χ0n) is 9.29. The van der Waals surface area contributed by atoms with Gasteiger partial charge in [0.1, 0.15) is 0 Å². The number of carbonyl (C=O) groups is 1. The molecule has 0 unspecified atom stereocenters. The molecule has 9 heteroatoms. The van der Waals surface area contributed by atoms with Crippen LogP contribution in [0.25, 0.3) is 0 Å². The summed E-state index contributed by atoms with van der Waals surface area (Å²) < 4.78 is 85.5. The Hall–Kier alpha value is -0.470. The molecule has 0 radical (unpaired) electrons. The van der Waals surface area contributed by atoms with Crippen molar-refractivity contribution in [3.63, 3.8) is 0 Å². The van der Waals surface area contributed by atoms with E-state index < -0.39 is 30.9 Å². The second-order valence-corrected chi connectivity index (χ2v) is 4.85. The van der Waals surface area contributed by atoms with E-state index in [1.165, 1.54) is 6.92 Å². The smallest absolute Gasteiger partial charge is 0.288 e. The highest BCUT2D eigenvalue weighted by Crippen LogP contribution is 2.48. The summed E-state index contributed by atoms with van der Waals surface area (Å²) in [5.74, 6) is -11.1. The van der Waals surface area contributed by atoms with Crippen LogP contribution < -0.4 is 0 Å². The number of halogens is 7. The number of unbranched alkanes of at least 4 members (excludes halogenated alkanes) is 1. The molecule has 0 atom stereocenters. The van der Waals surface area contributed by atoms with Crippen LogP contribution in [0.4, 0.5) is 30.7 Å². The van der Waals surface area contributed by atoms with Crippen LogP contribution >= 0.6 is 11.8 Å². The molecule has 0 heterocycles. The molecule has 0 aromatic heterocycles. The number of alkyl halides is 7. The molecule has 18 heavy (non-hydrogen) atoms. The lowest BCUT2D eigenvalue weighted by molar-refractivity contribution is -0.355. The van der Waals surface area contributed by atoms with Gasteiger partial charge in [-0.1, -0.05) is 11.8 Å². The molecule has 0 aromatic carbocycles. The fourth-order valence-corrected chi connectivity index (χ4v) is 1.67. The van der Waals surface area contributed by atoms with Crippen molar-refractivity contribution < 1.29 is 35.5 Å². The van der Waals surface area contributed by atoms with Gasteiger partial charge >= 0.3 is 18.0 Å². The van der Waals surface area contributed by atoms with Crippen LogP contribution in [0.2, 0.25) is 0 Å². The summed E-state index contributed by atoms with van der Waals surface area (Å²) in [6.45, 7) is 1.23. The Morgan fingerprint density at radius 2 is 1.50 bits per heavy atom. The summed E-state index contributed by atoms with van der Waals surface area (Å²) >= 11 is 0.801. The van der Waals surface area contributed by atoms with Gasteiger partial charge in [-0.15, -0.1) is 0 Å². The van der Waals surface area contributed by atoms with Gasteiger partial charge in [0, 0.05) is 19.1 Å². The summed E-state index contributed by atoms with van der Waals surface area (Å²) in [5, 5.41) is -0.276. The molecule has 0 saturated carbocycles. The Morgan fingerprint density at radius 3 is 1.89 bits per heavy atom. The van der Waals surface area contributed by atoms with Gasteiger partial charge in [-0.2, -0.15) is 30.7 Å². The van der Waals surface area contributed by atoms with Gasteiger partial charge in [-0.05, 0) is 12.8 Å². The topological polar surface area (TPSA) is 17.1 Å². The molecule has 0 aromatic rings. The Labute approximate surface area is 103 Å². The molecule has 0 aliphatic heterocycles. The highest BCUT2D eigenvalue weighted by atomic mass is 32.2. The van der Waals surface area contributed by atoms with E-state index in [1.54, 1.807) is 0 Å². The van der Waals surface area contributed by atoms with Gasteiger partial charge in [0.25, 0.3) is 0 Å². The highest BCUT2D eigenvalue weighted by molar-refractivity contribution is 8.13. The number of carbonyl (C=O) groups excluding carboxylic acids is 1. The van der Waals surface area contributed by atoms with Crippen LogP contribution in [-0.4, -0.2) is 28.9 Å². The molecule has 0 saturated heterocycles. The largest absolute Gasteiger partial charge is 0.459 e. The number of hydrogen-bond acceptors (Lipinski definition) is 2. The lowest BCUT2D eigenvalue weighted by Gasteiger charge is -2.28. The summed E-state index contributed by atoms with van der Waals surface area (Å²) in [4.78, 5) is 10.4. The van der Waals surface area contributed by atoms with Gasteiger partial charge < -0.3 is 0 Å². The Morgan fingerprint density at radius 1 is 1.00 bits per heavy atom. The number of thioether (sulfide) groups is 1. The minimum atomic E-state index is -6.27. The average molecular weight is 300 g/mol. The van der Waals surface area contributed by atoms with Gasteiger partial charge in [0.15, 0.2) is 5.12 Å². The fourth-order valence-electron chi connectivity index (χ4n) is 1.03. The first-order valence-corrected chi connectivity index (χ1v) is 5.86. The molecular formula is C9H11F7OS. The van der Waals surface area contributed by atoms with Crippen molar-refractivity contribution in [1.29, 1.82) is 0 Å². The highest BCUT2D eigenvalue weighted by Gasteiger charge is 2.72. The molecule has 0 aliphatic carbocycles. The van der Waals surface area contributed by atoms with E-state index in [9.17, 15) is 35.5 Å². The van der Waals surface area contributed by atoms with Crippen LogP contribution in [0, 0.1) is 0 Å². The van der Waals surface area contributed by atoms with Gasteiger partial charge in [-0.3, -0.25) is 4.79 Å². The summed E-state index contributed by atoms with van der Waals surface area (Å²) in [7, 11) is 0. The normalized spacial score (nSPS) is 13.8. The monoisotopic (exact) mass is 300 g/mol. The number of rotatable bonds is 6. The minimum Gasteiger partial charge on any atom is -0.288 e. The van der Waals surface area contributed by atoms with Crippen molar-refractivity contribution in [3.8, 4) is 0 Å². The molecule has 0 fully saturated rings. The van der Waals surface area contributed by atoms with Gasteiger partial charge in [0.05, 0.1) is 0 Å². The summed E-state index contributed by atoms with van der Waals surface area (Å²) in [5.41, 5.74) is 0.